The Hall–Kier alpha value is -4.65. The Bertz CT molecular complexity index is 1520. The number of fused-ring (bicyclic) bond motifs is 3. The molecule has 0 aliphatic carbocycles. The van der Waals surface area contributed by atoms with Crippen LogP contribution in [0.2, 0.25) is 0 Å². The molecule has 186 valence electrons. The highest BCUT2D eigenvalue weighted by atomic mass is 16.5. The fourth-order valence-corrected chi connectivity index (χ4v) is 4.89. The third kappa shape index (κ3) is 4.63. The Labute approximate surface area is 214 Å². The number of esters is 2. The maximum absolute atomic E-state index is 13.5. The van der Waals surface area contributed by atoms with E-state index >= 15 is 0 Å². The number of hydrogen-bond acceptors (Lipinski definition) is 5. The van der Waals surface area contributed by atoms with Crippen LogP contribution >= 0.6 is 0 Å². The van der Waals surface area contributed by atoms with Crippen LogP contribution in [0.3, 0.4) is 0 Å². The molecule has 1 unspecified atom stereocenters. The number of rotatable bonds is 5. The van der Waals surface area contributed by atoms with E-state index in [1.54, 1.807) is 36.4 Å². The number of carbonyl (C=O) groups excluding carboxylic acids is 3. The highest BCUT2D eigenvalue weighted by Gasteiger charge is 2.33. The van der Waals surface area contributed by atoms with Crippen LogP contribution in [0.1, 0.15) is 49.1 Å². The molecule has 37 heavy (non-hydrogen) atoms. The van der Waals surface area contributed by atoms with E-state index in [9.17, 15) is 14.4 Å². The molecule has 1 aliphatic rings. The molecule has 0 radical (unpaired) electrons. The number of hydrogen-bond donors (Lipinski definition) is 1. The standard InChI is InChI=1S/C30H26N2O5/c1-36-29(34)21-13-11-20(12-14-21)28-27-24(23-8-3-4-9-25(23)31-27)16-17-32(28)26(33)15-10-19-6-5-7-22(18-19)30(35)37-2/h3-15,18,28,31H,16-17H2,1-2H3/b15-10+. The van der Waals surface area contributed by atoms with E-state index in [0.717, 1.165) is 27.7 Å². The van der Waals surface area contributed by atoms with Crippen LogP contribution in [0.15, 0.2) is 78.9 Å². The molecule has 7 heteroatoms. The molecule has 1 amide bonds. The third-order valence-electron chi connectivity index (χ3n) is 6.69. The number of H-pyrrole nitrogens is 1. The lowest BCUT2D eigenvalue weighted by Crippen LogP contribution is -2.39. The van der Waals surface area contributed by atoms with Crippen LogP contribution in [0.4, 0.5) is 0 Å². The molecule has 4 aromatic rings. The van der Waals surface area contributed by atoms with Gasteiger partial charge in [-0.15, -0.1) is 0 Å². The topological polar surface area (TPSA) is 88.7 Å². The first-order valence-electron chi connectivity index (χ1n) is 11.9. The van der Waals surface area contributed by atoms with Gasteiger partial charge in [0.25, 0.3) is 0 Å². The summed E-state index contributed by atoms with van der Waals surface area (Å²) in [5.41, 5.74) is 5.65. The highest BCUT2D eigenvalue weighted by molar-refractivity contribution is 5.95. The van der Waals surface area contributed by atoms with Crippen LogP contribution in [0.5, 0.6) is 0 Å². The fraction of sp³-hybridized carbons (Fsp3) is 0.167. The number of amides is 1. The number of carbonyl (C=O) groups is 3. The minimum Gasteiger partial charge on any atom is -0.465 e. The van der Waals surface area contributed by atoms with Crippen molar-refractivity contribution in [3.63, 3.8) is 0 Å². The van der Waals surface area contributed by atoms with Crippen LogP contribution < -0.4 is 0 Å². The zero-order valence-corrected chi connectivity index (χ0v) is 20.6. The molecule has 1 aliphatic heterocycles. The number of methoxy groups -OCH3 is 2. The van der Waals surface area contributed by atoms with E-state index in [1.165, 1.54) is 25.9 Å². The molecule has 1 N–H and O–H groups in total. The van der Waals surface area contributed by atoms with Gasteiger partial charge in [0.05, 0.1) is 31.4 Å². The van der Waals surface area contributed by atoms with Gasteiger partial charge in [0.15, 0.2) is 0 Å². The number of benzene rings is 3. The minimum atomic E-state index is -0.431. The van der Waals surface area contributed by atoms with Gasteiger partial charge in [0.1, 0.15) is 0 Å². The molecular weight excluding hydrogens is 468 g/mol. The molecular formula is C30H26N2O5. The van der Waals surface area contributed by atoms with E-state index in [0.29, 0.717) is 24.1 Å². The predicted molar refractivity (Wildman–Crippen MR) is 140 cm³/mol. The lowest BCUT2D eigenvalue weighted by atomic mass is 9.91. The van der Waals surface area contributed by atoms with Crippen molar-refractivity contribution in [1.29, 1.82) is 0 Å². The number of aromatic nitrogens is 1. The Morgan fingerprint density at radius 2 is 1.62 bits per heavy atom. The average Bonchev–Trinajstić information content (AvgIpc) is 3.33. The second-order valence-electron chi connectivity index (χ2n) is 8.81. The van der Waals surface area contributed by atoms with Crippen LogP contribution in [0.25, 0.3) is 17.0 Å². The summed E-state index contributed by atoms with van der Waals surface area (Å²) in [6, 6.07) is 21.8. The number of ether oxygens (including phenoxy) is 2. The summed E-state index contributed by atoms with van der Waals surface area (Å²) >= 11 is 0. The molecule has 0 bridgehead atoms. The lowest BCUT2D eigenvalue weighted by Gasteiger charge is -2.35. The molecule has 5 rings (SSSR count). The normalized spacial score (nSPS) is 15.0. The van der Waals surface area contributed by atoms with E-state index in [-0.39, 0.29) is 11.9 Å². The van der Waals surface area contributed by atoms with Crippen molar-refractivity contribution >= 4 is 34.8 Å². The average molecular weight is 495 g/mol. The zero-order chi connectivity index (χ0) is 25.9. The second-order valence-corrected chi connectivity index (χ2v) is 8.81. The van der Waals surface area contributed by atoms with Crippen LogP contribution in [-0.2, 0) is 20.7 Å². The third-order valence-corrected chi connectivity index (χ3v) is 6.69. The Morgan fingerprint density at radius 3 is 2.38 bits per heavy atom. The summed E-state index contributed by atoms with van der Waals surface area (Å²) in [5.74, 6) is -0.999. The van der Waals surface area contributed by atoms with Gasteiger partial charge in [-0.2, -0.15) is 0 Å². The van der Waals surface area contributed by atoms with Crippen molar-refractivity contribution in [1.82, 2.24) is 9.88 Å². The van der Waals surface area contributed by atoms with Gasteiger partial charge in [-0.1, -0.05) is 42.5 Å². The van der Waals surface area contributed by atoms with E-state index < -0.39 is 11.9 Å². The van der Waals surface area contributed by atoms with Crippen molar-refractivity contribution in [3.05, 3.63) is 112 Å². The smallest absolute Gasteiger partial charge is 0.337 e. The first-order chi connectivity index (χ1) is 18.0. The van der Waals surface area contributed by atoms with Gasteiger partial charge in [0, 0.05) is 29.2 Å². The maximum atomic E-state index is 13.5. The molecule has 0 saturated carbocycles. The van der Waals surface area contributed by atoms with Gasteiger partial charge in [-0.25, -0.2) is 9.59 Å². The van der Waals surface area contributed by atoms with Gasteiger partial charge < -0.3 is 19.4 Å². The Morgan fingerprint density at radius 1 is 0.892 bits per heavy atom. The Balaban J connectivity index is 1.51. The second kappa shape index (κ2) is 10.1. The van der Waals surface area contributed by atoms with Gasteiger partial charge in [-0.3, -0.25) is 4.79 Å². The fourth-order valence-electron chi connectivity index (χ4n) is 4.89. The van der Waals surface area contributed by atoms with Crippen molar-refractivity contribution in [2.45, 2.75) is 12.5 Å². The largest absolute Gasteiger partial charge is 0.465 e. The number of nitrogens with one attached hydrogen (secondary N) is 1. The van der Waals surface area contributed by atoms with E-state index in [4.69, 9.17) is 9.47 Å². The SMILES string of the molecule is COC(=O)c1ccc(C2c3[nH]c4ccccc4c3CCN2C(=O)/C=C/c2cccc(C(=O)OC)c2)cc1. The van der Waals surface area contributed by atoms with E-state index in [1.807, 2.05) is 41.3 Å². The summed E-state index contributed by atoms with van der Waals surface area (Å²) in [5, 5.41) is 1.15. The molecule has 3 aromatic carbocycles. The van der Waals surface area contributed by atoms with Crippen LogP contribution in [0, 0.1) is 0 Å². The van der Waals surface area contributed by atoms with Crippen molar-refractivity contribution in [3.8, 4) is 0 Å². The molecule has 0 spiro atoms. The summed E-state index contributed by atoms with van der Waals surface area (Å²) in [4.78, 5) is 42.7. The monoisotopic (exact) mass is 494 g/mol. The van der Waals surface area contributed by atoms with Crippen molar-refractivity contribution < 1.29 is 23.9 Å². The van der Waals surface area contributed by atoms with Crippen molar-refractivity contribution in [2.24, 2.45) is 0 Å². The van der Waals surface area contributed by atoms with Crippen LogP contribution in [-0.4, -0.2) is 48.5 Å². The Kier molecular flexibility index (Phi) is 6.60. The minimum absolute atomic E-state index is 0.158. The number of nitrogens with zero attached hydrogens (tertiary/aromatic N) is 1. The molecule has 1 atom stereocenters. The first kappa shape index (κ1) is 24.1. The summed E-state index contributed by atoms with van der Waals surface area (Å²) in [6.45, 7) is 0.531. The van der Waals surface area contributed by atoms with Gasteiger partial charge >= 0.3 is 11.9 Å². The zero-order valence-electron chi connectivity index (χ0n) is 20.6. The number of para-hydroxylation sites is 1. The first-order valence-corrected chi connectivity index (χ1v) is 11.9. The quantitative estimate of drug-likeness (QED) is 0.314. The molecule has 0 saturated heterocycles. The van der Waals surface area contributed by atoms with Crippen molar-refractivity contribution in [2.75, 3.05) is 20.8 Å². The summed E-state index contributed by atoms with van der Waals surface area (Å²) in [6.07, 6.45) is 3.94. The molecule has 7 nitrogen and oxygen atoms in total. The predicted octanol–water partition coefficient (Wildman–Crippen LogP) is 4.93. The molecule has 2 heterocycles. The van der Waals surface area contributed by atoms with E-state index in [2.05, 4.69) is 11.1 Å². The highest BCUT2D eigenvalue weighted by Crippen LogP contribution is 2.38. The summed E-state index contributed by atoms with van der Waals surface area (Å²) < 4.78 is 9.63. The van der Waals surface area contributed by atoms with Gasteiger partial charge in [-0.05, 0) is 59.5 Å². The maximum Gasteiger partial charge on any atom is 0.337 e. The summed E-state index contributed by atoms with van der Waals surface area (Å²) in [7, 11) is 2.68. The van der Waals surface area contributed by atoms with Gasteiger partial charge in [0.2, 0.25) is 5.91 Å². The molecule has 0 fully saturated rings. The number of aromatic amines is 1. The lowest BCUT2D eigenvalue weighted by molar-refractivity contribution is -0.128. The molecule has 1 aromatic heterocycles.